The lowest BCUT2D eigenvalue weighted by Gasteiger charge is -2.19. The van der Waals surface area contributed by atoms with Crippen LogP contribution in [-0.2, 0) is 25.1 Å². The monoisotopic (exact) mass is 556 g/mol. The van der Waals surface area contributed by atoms with Gasteiger partial charge in [-0.1, -0.05) is 101 Å². The first kappa shape index (κ1) is 31.9. The van der Waals surface area contributed by atoms with E-state index in [0.717, 1.165) is 18.4 Å². The van der Waals surface area contributed by atoms with Crippen LogP contribution < -0.4 is 9.09 Å². The molecule has 0 fully saturated rings. The zero-order valence-corrected chi connectivity index (χ0v) is 24.4. The van der Waals surface area contributed by atoms with Gasteiger partial charge in [-0.15, -0.1) is 0 Å². The second kappa shape index (κ2) is 19.7. The number of thiazole rings is 1. The molecule has 0 saturated heterocycles. The van der Waals surface area contributed by atoms with Crippen molar-refractivity contribution in [1.29, 1.82) is 0 Å². The molecule has 2 aromatic rings. The highest BCUT2D eigenvalue weighted by Gasteiger charge is 2.27. The van der Waals surface area contributed by atoms with Crippen molar-refractivity contribution in [3.63, 3.8) is 0 Å². The molecule has 0 aliphatic rings. The summed E-state index contributed by atoms with van der Waals surface area (Å²) in [5.41, 5.74) is 2.75. The standard InChI is InChI=1S/C28H46NO6PS/c1-3-4-5-6-7-8-9-10-11-12-13-16-20-33-23-27(32-2)24-34-36(30,31)35-28-18-15-14-17-26(28)22-29-19-21-37-25-29/h14-15,17-19,21,25,27H,3-13,16,20,22-24H2,1-2H3/p+1. The van der Waals surface area contributed by atoms with Crippen LogP contribution in [-0.4, -0.2) is 37.9 Å². The van der Waals surface area contributed by atoms with Gasteiger partial charge in [-0.05, 0) is 18.6 Å². The number of hydrogen-bond acceptors (Lipinski definition) is 6. The van der Waals surface area contributed by atoms with Crippen molar-refractivity contribution in [3.05, 3.63) is 46.9 Å². The summed E-state index contributed by atoms with van der Waals surface area (Å²) in [6.45, 7) is 3.66. The number of rotatable bonds is 23. The van der Waals surface area contributed by atoms with E-state index in [1.54, 1.807) is 23.5 Å². The molecule has 0 spiro atoms. The van der Waals surface area contributed by atoms with Crippen LogP contribution in [0.3, 0.4) is 0 Å². The summed E-state index contributed by atoms with van der Waals surface area (Å²) < 4.78 is 36.2. The number of ether oxygens (including phenoxy) is 2. The molecule has 0 aliphatic carbocycles. The molecule has 0 aliphatic heterocycles. The Morgan fingerprint density at radius 2 is 1.59 bits per heavy atom. The van der Waals surface area contributed by atoms with Crippen molar-refractivity contribution < 1.29 is 32.5 Å². The smallest absolute Gasteiger partial charge is 0.404 e. The molecular weight excluding hydrogens is 509 g/mol. The number of methoxy groups -OCH3 is 1. The van der Waals surface area contributed by atoms with Crippen molar-refractivity contribution in [2.75, 3.05) is 26.9 Å². The molecule has 37 heavy (non-hydrogen) atoms. The summed E-state index contributed by atoms with van der Waals surface area (Å²) in [5.74, 6) is 0.323. The van der Waals surface area contributed by atoms with Gasteiger partial charge >= 0.3 is 7.82 Å². The Morgan fingerprint density at radius 1 is 0.946 bits per heavy atom. The molecule has 0 bridgehead atoms. The molecule has 1 aromatic heterocycles. The number of benzene rings is 1. The Labute approximate surface area is 227 Å². The number of unbranched alkanes of at least 4 members (excludes halogenated alkanes) is 11. The number of aromatic nitrogens is 1. The van der Waals surface area contributed by atoms with Crippen molar-refractivity contribution >= 4 is 19.2 Å². The molecule has 2 rings (SSSR count). The Morgan fingerprint density at radius 3 is 2.22 bits per heavy atom. The highest BCUT2D eigenvalue weighted by Crippen LogP contribution is 2.45. The average Bonchev–Trinajstić information content (AvgIpc) is 3.40. The normalized spacial score (nSPS) is 13.9. The second-order valence-corrected chi connectivity index (χ2v) is 11.6. The minimum Gasteiger partial charge on any atom is -0.404 e. The van der Waals surface area contributed by atoms with Gasteiger partial charge in [0.25, 0.3) is 0 Å². The Hall–Kier alpha value is -1.28. The van der Waals surface area contributed by atoms with Crippen LogP contribution in [0, 0.1) is 0 Å². The zero-order chi connectivity index (χ0) is 26.6. The number of para-hydroxylation sites is 1. The summed E-state index contributed by atoms with van der Waals surface area (Å²) >= 11 is 1.58. The van der Waals surface area contributed by atoms with Gasteiger partial charge < -0.3 is 14.0 Å². The van der Waals surface area contributed by atoms with E-state index in [1.165, 1.54) is 71.3 Å². The van der Waals surface area contributed by atoms with Crippen molar-refractivity contribution in [1.82, 2.24) is 0 Å². The lowest BCUT2D eigenvalue weighted by molar-refractivity contribution is -0.683. The van der Waals surface area contributed by atoms with Crippen LogP contribution in [0.25, 0.3) is 0 Å². The maximum Gasteiger partial charge on any atom is 0.527 e. The topological polar surface area (TPSA) is 78.1 Å². The number of phosphoric ester groups is 1. The highest BCUT2D eigenvalue weighted by molar-refractivity contribution is 7.47. The Kier molecular flexibility index (Phi) is 17.0. The minimum atomic E-state index is -4.31. The minimum absolute atomic E-state index is 0.0931. The largest absolute Gasteiger partial charge is 0.527 e. The predicted molar refractivity (Wildman–Crippen MR) is 149 cm³/mol. The van der Waals surface area contributed by atoms with Gasteiger partial charge in [-0.2, -0.15) is 4.57 Å². The average molecular weight is 557 g/mol. The van der Waals surface area contributed by atoms with Gasteiger partial charge in [0.1, 0.15) is 11.9 Å². The van der Waals surface area contributed by atoms with E-state index in [0.29, 0.717) is 25.5 Å². The van der Waals surface area contributed by atoms with Crippen molar-refractivity contribution in [2.24, 2.45) is 0 Å². The fourth-order valence-electron chi connectivity index (χ4n) is 4.04. The van der Waals surface area contributed by atoms with Gasteiger partial charge in [0.2, 0.25) is 5.51 Å². The summed E-state index contributed by atoms with van der Waals surface area (Å²) in [6, 6.07) is 7.16. The number of hydrogen-bond donors (Lipinski definition) is 1. The molecule has 0 saturated carbocycles. The third-order valence-electron chi connectivity index (χ3n) is 6.27. The molecule has 210 valence electrons. The Bertz CT molecular complexity index is 866. The van der Waals surface area contributed by atoms with E-state index < -0.39 is 13.9 Å². The van der Waals surface area contributed by atoms with Gasteiger partial charge in [-0.25, -0.2) is 4.57 Å². The first-order chi connectivity index (χ1) is 18.0. The maximum absolute atomic E-state index is 12.6. The van der Waals surface area contributed by atoms with Gasteiger partial charge in [0.15, 0.2) is 12.7 Å². The van der Waals surface area contributed by atoms with E-state index in [-0.39, 0.29) is 6.61 Å². The maximum atomic E-state index is 12.6. The molecule has 2 atom stereocenters. The van der Waals surface area contributed by atoms with Gasteiger partial charge in [-0.3, -0.25) is 9.42 Å². The van der Waals surface area contributed by atoms with E-state index in [4.69, 9.17) is 18.5 Å². The highest BCUT2D eigenvalue weighted by atomic mass is 32.1. The van der Waals surface area contributed by atoms with E-state index >= 15 is 0 Å². The van der Waals surface area contributed by atoms with Crippen LogP contribution in [0.1, 0.15) is 89.5 Å². The van der Waals surface area contributed by atoms with Crippen LogP contribution in [0.15, 0.2) is 41.4 Å². The predicted octanol–water partition coefficient (Wildman–Crippen LogP) is 7.31. The van der Waals surface area contributed by atoms with Crippen molar-refractivity contribution in [2.45, 2.75) is 96.6 Å². The van der Waals surface area contributed by atoms with Crippen LogP contribution >= 0.6 is 19.2 Å². The van der Waals surface area contributed by atoms with E-state index in [1.807, 2.05) is 33.8 Å². The van der Waals surface area contributed by atoms with Gasteiger partial charge in [0.05, 0.1) is 24.2 Å². The first-order valence-electron chi connectivity index (χ1n) is 13.8. The third kappa shape index (κ3) is 15.0. The fourth-order valence-corrected chi connectivity index (χ4v) is 5.48. The lowest BCUT2D eigenvalue weighted by atomic mass is 10.1. The SMILES string of the molecule is CCCCCCCCCCCCCCOCC(COP(=O)(O)Oc1ccccc1C[n+]1ccsc1)OC. The van der Waals surface area contributed by atoms with Crippen LogP contribution in [0.5, 0.6) is 5.75 Å². The summed E-state index contributed by atoms with van der Waals surface area (Å²) in [5, 5.41) is 1.97. The molecule has 9 heteroatoms. The third-order valence-corrected chi connectivity index (χ3v) is 7.84. The molecule has 1 aromatic carbocycles. The summed E-state index contributed by atoms with van der Waals surface area (Å²) in [4.78, 5) is 10.3. The molecule has 1 N–H and O–H groups in total. The molecule has 2 unspecified atom stereocenters. The van der Waals surface area contributed by atoms with E-state index in [9.17, 15) is 9.46 Å². The lowest BCUT2D eigenvalue weighted by Crippen LogP contribution is -2.30. The van der Waals surface area contributed by atoms with E-state index in [2.05, 4.69) is 6.92 Å². The molecule has 0 radical (unpaired) electrons. The summed E-state index contributed by atoms with van der Waals surface area (Å²) in [6.07, 6.45) is 17.1. The van der Waals surface area contributed by atoms with Crippen LogP contribution in [0.4, 0.5) is 0 Å². The zero-order valence-electron chi connectivity index (χ0n) is 22.7. The number of phosphoric acid groups is 1. The first-order valence-corrected chi connectivity index (χ1v) is 16.2. The van der Waals surface area contributed by atoms with Gasteiger partial charge in [0, 0.05) is 13.7 Å². The molecular formula is C28H47NO6PS+. The molecule has 7 nitrogen and oxygen atoms in total. The van der Waals surface area contributed by atoms with Crippen molar-refractivity contribution in [3.8, 4) is 5.75 Å². The molecule has 1 heterocycles. The number of nitrogens with zero attached hydrogens (tertiary/aromatic N) is 1. The quantitative estimate of drug-likeness (QED) is 0.0878. The second-order valence-electron chi connectivity index (χ2n) is 9.48. The molecule has 0 amide bonds. The summed E-state index contributed by atoms with van der Waals surface area (Å²) in [7, 11) is -2.77. The Balaban J connectivity index is 1.55. The fraction of sp³-hybridized carbons (Fsp3) is 0.679. The van der Waals surface area contributed by atoms with Crippen LogP contribution in [0.2, 0.25) is 0 Å².